The minimum atomic E-state index is 0.330. The lowest BCUT2D eigenvalue weighted by atomic mass is 9.92. The van der Waals surface area contributed by atoms with Gasteiger partial charge in [-0.3, -0.25) is 5.01 Å². The summed E-state index contributed by atoms with van der Waals surface area (Å²) in [5.41, 5.74) is 0. The van der Waals surface area contributed by atoms with E-state index in [1.54, 1.807) is 0 Å². The van der Waals surface area contributed by atoms with Gasteiger partial charge in [0.2, 0.25) is 0 Å². The molecule has 0 saturated heterocycles. The molecule has 5 atom stereocenters. The number of rotatable bonds is 1. The third kappa shape index (κ3) is 1.71. The monoisotopic (exact) mass is 253 g/mol. The summed E-state index contributed by atoms with van der Waals surface area (Å²) in [5.74, 6) is 1.63. The zero-order valence-electron chi connectivity index (χ0n) is 11.0. The van der Waals surface area contributed by atoms with Crippen LogP contribution in [0.4, 0.5) is 0 Å². The van der Waals surface area contributed by atoms with Gasteiger partial charge in [-0.15, -0.1) is 0 Å². The quantitative estimate of drug-likeness (QED) is 0.713. The predicted molar refractivity (Wildman–Crippen MR) is 72.2 cm³/mol. The van der Waals surface area contributed by atoms with Gasteiger partial charge in [0, 0.05) is 10.8 Å². The Kier molecular flexibility index (Phi) is 2.69. The maximum atomic E-state index is 4.93. The predicted octanol–water partition coefficient (Wildman–Crippen LogP) is 3.32. The summed E-state index contributed by atoms with van der Waals surface area (Å²) in [7, 11) is 0. The normalized spacial score (nSPS) is 48.6. The Morgan fingerprint density at radius 2 is 2.06 bits per heavy atom. The van der Waals surface area contributed by atoms with E-state index in [2.05, 4.69) is 36.1 Å². The standard InChI is InChI=1S/C13H23N3S/c1-8(2)16-12-6-7-13(17)9(3)10(13)4-5-11(12)14-15-16/h8-12,17H,4-7H2,1-3H3. The molecule has 17 heavy (non-hydrogen) atoms. The van der Waals surface area contributed by atoms with E-state index < -0.39 is 0 Å². The molecular weight excluding hydrogens is 230 g/mol. The zero-order valence-corrected chi connectivity index (χ0v) is 11.9. The zero-order chi connectivity index (χ0) is 12.2. The number of fused-ring (bicyclic) bond motifs is 2. The van der Waals surface area contributed by atoms with Crippen LogP contribution in [0.1, 0.15) is 46.5 Å². The highest BCUT2D eigenvalue weighted by atomic mass is 32.1. The highest BCUT2D eigenvalue weighted by Crippen LogP contribution is 2.61. The molecule has 3 nitrogen and oxygen atoms in total. The van der Waals surface area contributed by atoms with E-state index >= 15 is 0 Å². The first-order valence-corrected chi connectivity index (χ1v) is 7.40. The molecule has 0 aromatic rings. The maximum absolute atomic E-state index is 4.93. The second kappa shape index (κ2) is 3.87. The lowest BCUT2D eigenvalue weighted by Crippen LogP contribution is -2.40. The Bertz CT molecular complexity index is 344. The highest BCUT2D eigenvalue weighted by Gasteiger charge is 2.59. The Labute approximate surface area is 109 Å². The minimum absolute atomic E-state index is 0.330. The molecule has 0 N–H and O–H groups in total. The molecule has 5 unspecified atom stereocenters. The number of hydrogen-bond donors (Lipinski definition) is 1. The van der Waals surface area contributed by atoms with Crippen molar-refractivity contribution in [2.75, 3.05) is 0 Å². The number of hydrogen-bond acceptors (Lipinski definition) is 4. The summed E-state index contributed by atoms with van der Waals surface area (Å²) in [5, 5.41) is 11.1. The van der Waals surface area contributed by atoms with Gasteiger partial charge in [0.05, 0.1) is 12.1 Å². The Morgan fingerprint density at radius 3 is 2.76 bits per heavy atom. The topological polar surface area (TPSA) is 28.0 Å². The van der Waals surface area contributed by atoms with E-state index in [0.717, 1.165) is 11.8 Å². The molecule has 96 valence electrons. The maximum Gasteiger partial charge on any atom is 0.0949 e. The highest BCUT2D eigenvalue weighted by molar-refractivity contribution is 7.82. The Hall–Kier alpha value is -0.250. The van der Waals surface area contributed by atoms with Crippen molar-refractivity contribution >= 4 is 12.6 Å². The first kappa shape index (κ1) is 11.8. The summed E-state index contributed by atoms with van der Waals surface area (Å²) >= 11 is 4.93. The first-order valence-electron chi connectivity index (χ1n) is 6.95. The van der Waals surface area contributed by atoms with Gasteiger partial charge in [-0.1, -0.05) is 12.1 Å². The van der Waals surface area contributed by atoms with Crippen molar-refractivity contribution in [2.45, 2.75) is 69.3 Å². The summed E-state index contributed by atoms with van der Waals surface area (Å²) in [4.78, 5) is 0. The molecule has 3 aliphatic rings. The fourth-order valence-electron chi connectivity index (χ4n) is 3.86. The van der Waals surface area contributed by atoms with Crippen molar-refractivity contribution < 1.29 is 0 Å². The fourth-order valence-corrected chi connectivity index (χ4v) is 4.44. The second-order valence-electron chi connectivity index (χ2n) is 6.32. The van der Waals surface area contributed by atoms with Gasteiger partial charge in [0.15, 0.2) is 0 Å². The number of thiol groups is 1. The van der Waals surface area contributed by atoms with Gasteiger partial charge >= 0.3 is 0 Å². The van der Waals surface area contributed by atoms with Gasteiger partial charge in [0.25, 0.3) is 0 Å². The van der Waals surface area contributed by atoms with Crippen LogP contribution in [0.5, 0.6) is 0 Å². The van der Waals surface area contributed by atoms with Crippen LogP contribution in [-0.2, 0) is 0 Å². The molecule has 0 aromatic carbocycles. The molecule has 0 aromatic heterocycles. The molecule has 0 amide bonds. The molecule has 1 heterocycles. The molecule has 2 fully saturated rings. The molecule has 0 spiro atoms. The van der Waals surface area contributed by atoms with E-state index in [1.807, 2.05) is 0 Å². The van der Waals surface area contributed by atoms with Crippen molar-refractivity contribution in [3.8, 4) is 0 Å². The second-order valence-corrected chi connectivity index (χ2v) is 7.15. The average molecular weight is 253 g/mol. The van der Waals surface area contributed by atoms with Crippen molar-refractivity contribution in [1.29, 1.82) is 0 Å². The van der Waals surface area contributed by atoms with Crippen LogP contribution in [0.15, 0.2) is 10.3 Å². The molecule has 1 aliphatic heterocycles. The summed E-state index contributed by atoms with van der Waals surface area (Å²) in [6.07, 6.45) is 4.93. The summed E-state index contributed by atoms with van der Waals surface area (Å²) in [6, 6.07) is 1.45. The van der Waals surface area contributed by atoms with Crippen LogP contribution >= 0.6 is 12.6 Å². The fraction of sp³-hybridized carbons (Fsp3) is 1.00. The molecule has 2 aliphatic carbocycles. The SMILES string of the molecule is CC(C)N1N=NC2CCC3C(C)C3(S)CCC21. The molecule has 0 radical (unpaired) electrons. The molecule has 3 rings (SSSR count). The molecule has 4 heteroatoms. The molecule has 2 saturated carbocycles. The van der Waals surface area contributed by atoms with Gasteiger partial charge in [-0.25, -0.2) is 0 Å². The van der Waals surface area contributed by atoms with E-state index in [0.29, 0.717) is 22.9 Å². The minimum Gasteiger partial charge on any atom is -0.271 e. The van der Waals surface area contributed by atoms with Crippen LogP contribution < -0.4 is 0 Å². The molecule has 0 bridgehead atoms. The smallest absolute Gasteiger partial charge is 0.0949 e. The van der Waals surface area contributed by atoms with Crippen molar-refractivity contribution in [2.24, 2.45) is 22.2 Å². The van der Waals surface area contributed by atoms with Gasteiger partial charge in [0.1, 0.15) is 0 Å². The van der Waals surface area contributed by atoms with Crippen molar-refractivity contribution in [3.63, 3.8) is 0 Å². The van der Waals surface area contributed by atoms with Crippen LogP contribution in [-0.4, -0.2) is 27.9 Å². The Morgan fingerprint density at radius 1 is 1.29 bits per heavy atom. The van der Waals surface area contributed by atoms with Crippen LogP contribution in [0.2, 0.25) is 0 Å². The van der Waals surface area contributed by atoms with E-state index in [9.17, 15) is 0 Å². The van der Waals surface area contributed by atoms with Gasteiger partial charge in [-0.05, 0) is 51.4 Å². The van der Waals surface area contributed by atoms with Crippen molar-refractivity contribution in [3.05, 3.63) is 0 Å². The summed E-state index contributed by atoms with van der Waals surface area (Å²) in [6.45, 7) is 6.78. The van der Waals surface area contributed by atoms with E-state index in [1.165, 1.54) is 25.7 Å². The van der Waals surface area contributed by atoms with Crippen LogP contribution in [0.3, 0.4) is 0 Å². The van der Waals surface area contributed by atoms with Crippen molar-refractivity contribution in [1.82, 2.24) is 5.01 Å². The van der Waals surface area contributed by atoms with Crippen LogP contribution in [0.25, 0.3) is 0 Å². The average Bonchev–Trinajstić information content (AvgIpc) is 2.62. The third-order valence-electron chi connectivity index (χ3n) is 5.16. The van der Waals surface area contributed by atoms with E-state index in [4.69, 9.17) is 12.6 Å². The van der Waals surface area contributed by atoms with E-state index in [-0.39, 0.29) is 0 Å². The van der Waals surface area contributed by atoms with Gasteiger partial charge < -0.3 is 0 Å². The largest absolute Gasteiger partial charge is 0.271 e. The molecular formula is C13H23N3S. The third-order valence-corrected chi connectivity index (χ3v) is 6.12. The van der Waals surface area contributed by atoms with Gasteiger partial charge in [-0.2, -0.15) is 17.7 Å². The van der Waals surface area contributed by atoms with Crippen LogP contribution in [0, 0.1) is 11.8 Å². The lowest BCUT2D eigenvalue weighted by molar-refractivity contribution is 0.155. The lowest BCUT2D eigenvalue weighted by Gasteiger charge is -2.31. The first-order chi connectivity index (χ1) is 8.04. The number of nitrogens with zero attached hydrogens (tertiary/aromatic N) is 3. The summed E-state index contributed by atoms with van der Waals surface area (Å²) < 4.78 is 0.330. The Balaban J connectivity index is 1.74.